The Morgan fingerprint density at radius 1 is 1.37 bits per heavy atom. The Labute approximate surface area is 108 Å². The Kier molecular flexibility index (Phi) is 3.31. The number of imidazole rings is 1. The zero-order valence-corrected chi connectivity index (χ0v) is 9.82. The third-order valence-corrected chi connectivity index (χ3v) is 2.54. The van der Waals surface area contributed by atoms with Crippen molar-refractivity contribution in [2.24, 2.45) is 0 Å². The average Bonchev–Trinajstić information content (AvgIpc) is 2.77. The van der Waals surface area contributed by atoms with Gasteiger partial charge in [0.2, 0.25) is 0 Å². The van der Waals surface area contributed by atoms with Gasteiger partial charge >= 0.3 is 5.97 Å². The Morgan fingerprint density at radius 2 is 2.05 bits per heavy atom. The molecule has 94 valence electrons. The standard InChI is InChI=1S/C12H9N5O2/c13-4-7-16(8-5-14)11-10(12(18)19)17-6-2-1-3-9(17)15-11/h1-3,6H,7-8H2,(H,18,19). The molecule has 0 saturated heterocycles. The molecule has 19 heavy (non-hydrogen) atoms. The molecule has 0 saturated carbocycles. The van der Waals surface area contributed by atoms with Gasteiger partial charge in [-0.2, -0.15) is 10.5 Å². The molecule has 2 aromatic heterocycles. The highest BCUT2D eigenvalue weighted by Gasteiger charge is 2.22. The minimum atomic E-state index is -1.16. The lowest BCUT2D eigenvalue weighted by atomic mass is 10.3. The van der Waals surface area contributed by atoms with Gasteiger partial charge in [0.15, 0.2) is 11.5 Å². The quantitative estimate of drug-likeness (QED) is 0.813. The van der Waals surface area contributed by atoms with E-state index in [2.05, 4.69) is 4.98 Å². The summed E-state index contributed by atoms with van der Waals surface area (Å²) in [5.74, 6) is -1.03. The van der Waals surface area contributed by atoms with Crippen LogP contribution in [0.3, 0.4) is 0 Å². The van der Waals surface area contributed by atoms with Gasteiger partial charge in [-0.15, -0.1) is 0 Å². The SMILES string of the molecule is N#CCN(CC#N)c1nc2ccccn2c1C(=O)O. The third kappa shape index (κ3) is 2.17. The predicted octanol–water partition coefficient (Wildman–Crippen LogP) is 0.886. The molecule has 0 amide bonds. The van der Waals surface area contributed by atoms with Crippen LogP contribution in [0.1, 0.15) is 10.5 Å². The van der Waals surface area contributed by atoms with Crippen LogP contribution in [0.2, 0.25) is 0 Å². The Morgan fingerprint density at radius 3 is 2.63 bits per heavy atom. The van der Waals surface area contributed by atoms with Gasteiger partial charge in [-0.1, -0.05) is 6.07 Å². The minimum absolute atomic E-state index is 0.0545. The molecule has 0 fully saturated rings. The Hall–Kier alpha value is -3.06. The maximum atomic E-state index is 11.4. The van der Waals surface area contributed by atoms with E-state index in [-0.39, 0.29) is 24.6 Å². The van der Waals surface area contributed by atoms with Crippen LogP contribution in [0.5, 0.6) is 0 Å². The van der Waals surface area contributed by atoms with Crippen LogP contribution in [0.4, 0.5) is 5.82 Å². The molecular formula is C12H9N5O2. The zero-order chi connectivity index (χ0) is 13.8. The molecule has 7 heteroatoms. The Balaban J connectivity index is 2.65. The molecule has 0 radical (unpaired) electrons. The van der Waals surface area contributed by atoms with Gasteiger partial charge in [-0.05, 0) is 12.1 Å². The zero-order valence-electron chi connectivity index (χ0n) is 9.82. The number of carboxylic acids is 1. The molecule has 0 atom stereocenters. The van der Waals surface area contributed by atoms with E-state index in [0.717, 1.165) is 0 Å². The summed E-state index contributed by atoms with van der Waals surface area (Å²) in [4.78, 5) is 16.9. The maximum Gasteiger partial charge on any atom is 0.356 e. The summed E-state index contributed by atoms with van der Waals surface area (Å²) in [5.41, 5.74) is 0.400. The summed E-state index contributed by atoms with van der Waals surface area (Å²) in [6.07, 6.45) is 1.58. The molecule has 0 aromatic carbocycles. The van der Waals surface area contributed by atoms with Gasteiger partial charge in [-0.25, -0.2) is 9.78 Å². The molecule has 0 bridgehead atoms. The number of nitrogens with zero attached hydrogens (tertiary/aromatic N) is 5. The van der Waals surface area contributed by atoms with Crippen molar-refractivity contribution in [1.29, 1.82) is 10.5 Å². The van der Waals surface area contributed by atoms with E-state index in [1.807, 2.05) is 12.1 Å². The van der Waals surface area contributed by atoms with Crippen molar-refractivity contribution in [1.82, 2.24) is 9.38 Å². The molecule has 7 nitrogen and oxygen atoms in total. The first-order chi connectivity index (χ1) is 9.19. The molecule has 0 aliphatic heterocycles. The van der Waals surface area contributed by atoms with Gasteiger partial charge in [0.1, 0.15) is 18.7 Å². The van der Waals surface area contributed by atoms with E-state index in [1.165, 1.54) is 9.30 Å². The number of carbonyl (C=O) groups is 1. The fourth-order valence-electron chi connectivity index (χ4n) is 1.78. The number of hydrogen-bond acceptors (Lipinski definition) is 5. The van der Waals surface area contributed by atoms with Gasteiger partial charge in [0.05, 0.1) is 12.1 Å². The summed E-state index contributed by atoms with van der Waals surface area (Å²) >= 11 is 0. The van der Waals surface area contributed by atoms with Crippen LogP contribution < -0.4 is 4.90 Å². The van der Waals surface area contributed by atoms with Crippen molar-refractivity contribution < 1.29 is 9.90 Å². The third-order valence-electron chi connectivity index (χ3n) is 2.54. The highest BCUT2D eigenvalue weighted by molar-refractivity contribution is 5.93. The average molecular weight is 255 g/mol. The number of nitriles is 2. The second-order valence-corrected chi connectivity index (χ2v) is 3.69. The van der Waals surface area contributed by atoms with Crippen molar-refractivity contribution >= 4 is 17.4 Å². The van der Waals surface area contributed by atoms with E-state index in [4.69, 9.17) is 10.5 Å². The van der Waals surface area contributed by atoms with Crippen molar-refractivity contribution in [3.8, 4) is 12.1 Å². The topological polar surface area (TPSA) is 105 Å². The monoisotopic (exact) mass is 255 g/mol. The lowest BCUT2D eigenvalue weighted by Crippen LogP contribution is -2.26. The lowest BCUT2D eigenvalue weighted by molar-refractivity contribution is 0.0690. The first-order valence-electron chi connectivity index (χ1n) is 5.38. The molecule has 1 N–H and O–H groups in total. The summed E-state index contributed by atoms with van der Waals surface area (Å²) in [7, 11) is 0. The lowest BCUT2D eigenvalue weighted by Gasteiger charge is -2.15. The maximum absolute atomic E-state index is 11.4. The summed E-state index contributed by atoms with van der Waals surface area (Å²) < 4.78 is 1.42. The number of aromatic carboxylic acids is 1. The normalized spacial score (nSPS) is 9.79. The van der Waals surface area contributed by atoms with Gasteiger partial charge < -0.3 is 10.0 Å². The largest absolute Gasteiger partial charge is 0.476 e. The molecule has 0 aliphatic carbocycles. The number of fused-ring (bicyclic) bond motifs is 1. The van der Waals surface area contributed by atoms with E-state index in [9.17, 15) is 9.90 Å². The summed E-state index contributed by atoms with van der Waals surface area (Å²) in [6, 6.07) is 8.87. The second kappa shape index (κ2) is 5.07. The molecule has 2 rings (SSSR count). The Bertz CT molecular complexity index is 691. The highest BCUT2D eigenvalue weighted by atomic mass is 16.4. The molecule has 2 aromatic rings. The number of hydrogen-bond donors (Lipinski definition) is 1. The van der Waals surface area contributed by atoms with Gasteiger partial charge in [0.25, 0.3) is 0 Å². The van der Waals surface area contributed by atoms with Crippen LogP contribution in [-0.2, 0) is 0 Å². The van der Waals surface area contributed by atoms with E-state index < -0.39 is 5.97 Å². The number of carboxylic acid groups (broad SMARTS) is 1. The van der Waals surface area contributed by atoms with Crippen molar-refractivity contribution in [3.63, 3.8) is 0 Å². The first-order valence-corrected chi connectivity index (χ1v) is 5.38. The smallest absolute Gasteiger partial charge is 0.356 e. The molecular weight excluding hydrogens is 246 g/mol. The second-order valence-electron chi connectivity index (χ2n) is 3.69. The molecule has 0 unspecified atom stereocenters. The van der Waals surface area contributed by atoms with Crippen LogP contribution in [0, 0.1) is 22.7 Å². The van der Waals surface area contributed by atoms with Crippen LogP contribution in [0.15, 0.2) is 24.4 Å². The van der Waals surface area contributed by atoms with E-state index >= 15 is 0 Å². The fourth-order valence-corrected chi connectivity index (χ4v) is 1.78. The molecule has 2 heterocycles. The number of pyridine rings is 1. The van der Waals surface area contributed by atoms with Crippen molar-refractivity contribution in [2.45, 2.75) is 0 Å². The summed E-state index contributed by atoms with van der Waals surface area (Å²) in [6.45, 7) is -0.199. The fraction of sp³-hybridized carbons (Fsp3) is 0.167. The van der Waals surface area contributed by atoms with E-state index in [1.54, 1.807) is 24.4 Å². The predicted molar refractivity (Wildman–Crippen MR) is 65.6 cm³/mol. The number of aromatic nitrogens is 2. The van der Waals surface area contributed by atoms with Crippen LogP contribution >= 0.6 is 0 Å². The molecule has 0 aliphatic rings. The number of anilines is 1. The summed E-state index contributed by atoms with van der Waals surface area (Å²) in [5, 5.41) is 26.8. The minimum Gasteiger partial charge on any atom is -0.476 e. The molecule has 0 spiro atoms. The number of rotatable bonds is 4. The van der Waals surface area contributed by atoms with Crippen LogP contribution in [-0.4, -0.2) is 33.6 Å². The first kappa shape index (κ1) is 12.4. The highest BCUT2D eigenvalue weighted by Crippen LogP contribution is 2.21. The van der Waals surface area contributed by atoms with Crippen molar-refractivity contribution in [3.05, 3.63) is 30.1 Å². The van der Waals surface area contributed by atoms with Gasteiger partial charge in [0, 0.05) is 6.20 Å². The van der Waals surface area contributed by atoms with Crippen molar-refractivity contribution in [2.75, 3.05) is 18.0 Å². The van der Waals surface area contributed by atoms with Crippen LogP contribution in [0.25, 0.3) is 5.65 Å². The van der Waals surface area contributed by atoms with Gasteiger partial charge in [-0.3, -0.25) is 4.40 Å². The van der Waals surface area contributed by atoms with E-state index in [0.29, 0.717) is 5.65 Å².